The van der Waals surface area contributed by atoms with Crippen molar-refractivity contribution in [3.63, 3.8) is 0 Å². The monoisotopic (exact) mass is 374 g/mol. The van der Waals surface area contributed by atoms with E-state index in [1.54, 1.807) is 24.3 Å². The van der Waals surface area contributed by atoms with Crippen molar-refractivity contribution in [2.75, 3.05) is 17.1 Å². The molecule has 0 atom stereocenters. The molecule has 0 unspecified atom stereocenters. The standard InChI is InChI=1S/C19H22N2O4S/c1-26(23,24)21(13-19(22)20-16-7-8-16)17-9-11-18(12-10-17)25-14-15-5-3-2-4-6-15/h2-6,9-12,16H,7-8,13-14H2,1H3,(H,20,22). The van der Waals surface area contributed by atoms with Crippen LogP contribution in [0.1, 0.15) is 18.4 Å². The average Bonchev–Trinajstić information content (AvgIpc) is 3.42. The maximum Gasteiger partial charge on any atom is 0.240 e. The van der Waals surface area contributed by atoms with E-state index in [1.165, 1.54) is 0 Å². The number of sulfonamides is 1. The maximum atomic E-state index is 12.1. The zero-order valence-electron chi connectivity index (χ0n) is 14.6. The van der Waals surface area contributed by atoms with E-state index in [1.807, 2.05) is 30.3 Å². The number of carbonyl (C=O) groups is 1. The lowest BCUT2D eigenvalue weighted by Gasteiger charge is -2.22. The van der Waals surface area contributed by atoms with E-state index in [9.17, 15) is 13.2 Å². The Morgan fingerprint density at radius 1 is 1.12 bits per heavy atom. The van der Waals surface area contributed by atoms with Crippen molar-refractivity contribution in [1.29, 1.82) is 0 Å². The van der Waals surface area contributed by atoms with Gasteiger partial charge in [-0.15, -0.1) is 0 Å². The summed E-state index contributed by atoms with van der Waals surface area (Å²) >= 11 is 0. The van der Waals surface area contributed by atoms with Crippen LogP contribution in [0.4, 0.5) is 5.69 Å². The minimum atomic E-state index is -3.56. The number of amides is 1. The molecule has 1 saturated carbocycles. The first-order valence-electron chi connectivity index (χ1n) is 8.46. The molecular formula is C19H22N2O4S. The SMILES string of the molecule is CS(=O)(=O)N(CC(=O)NC1CC1)c1ccc(OCc2ccccc2)cc1. The molecule has 0 bridgehead atoms. The van der Waals surface area contributed by atoms with Crippen LogP contribution in [0.3, 0.4) is 0 Å². The van der Waals surface area contributed by atoms with Gasteiger partial charge in [-0.25, -0.2) is 8.42 Å². The fourth-order valence-electron chi connectivity index (χ4n) is 2.48. The van der Waals surface area contributed by atoms with Gasteiger partial charge in [0.15, 0.2) is 0 Å². The highest BCUT2D eigenvalue weighted by Crippen LogP contribution is 2.23. The maximum absolute atomic E-state index is 12.1. The molecule has 0 heterocycles. The number of hydrogen-bond donors (Lipinski definition) is 1. The Morgan fingerprint density at radius 3 is 2.35 bits per heavy atom. The lowest BCUT2D eigenvalue weighted by atomic mass is 10.2. The van der Waals surface area contributed by atoms with Gasteiger partial charge in [-0.3, -0.25) is 9.10 Å². The second-order valence-electron chi connectivity index (χ2n) is 6.38. The minimum Gasteiger partial charge on any atom is -0.489 e. The normalized spacial score (nSPS) is 13.9. The van der Waals surface area contributed by atoms with Gasteiger partial charge in [-0.1, -0.05) is 30.3 Å². The van der Waals surface area contributed by atoms with Crippen LogP contribution in [0.5, 0.6) is 5.75 Å². The number of benzene rings is 2. The number of anilines is 1. The molecule has 0 radical (unpaired) electrons. The van der Waals surface area contributed by atoms with Crippen LogP contribution in [0.2, 0.25) is 0 Å². The Hall–Kier alpha value is -2.54. The summed E-state index contributed by atoms with van der Waals surface area (Å²) in [6.07, 6.45) is 3.01. The van der Waals surface area contributed by atoms with Crippen LogP contribution in [-0.4, -0.2) is 33.2 Å². The summed E-state index contributed by atoms with van der Waals surface area (Å²) in [5.41, 5.74) is 1.48. The van der Waals surface area contributed by atoms with Crippen molar-refractivity contribution in [2.45, 2.75) is 25.5 Å². The molecule has 0 aliphatic heterocycles. The van der Waals surface area contributed by atoms with Gasteiger partial charge in [0.25, 0.3) is 0 Å². The number of nitrogens with one attached hydrogen (secondary N) is 1. The Labute approximate surface area is 153 Å². The molecule has 0 aromatic heterocycles. The van der Waals surface area contributed by atoms with Crippen LogP contribution in [0, 0.1) is 0 Å². The molecule has 26 heavy (non-hydrogen) atoms. The molecule has 3 rings (SSSR count). The van der Waals surface area contributed by atoms with Crippen molar-refractivity contribution in [1.82, 2.24) is 5.32 Å². The predicted octanol–water partition coefficient (Wildman–Crippen LogP) is 2.31. The van der Waals surface area contributed by atoms with E-state index in [4.69, 9.17) is 4.74 Å². The van der Waals surface area contributed by atoms with Crippen molar-refractivity contribution in [2.24, 2.45) is 0 Å². The Kier molecular flexibility index (Phi) is 5.46. The smallest absolute Gasteiger partial charge is 0.240 e. The molecule has 1 N–H and O–H groups in total. The van der Waals surface area contributed by atoms with Crippen molar-refractivity contribution >= 4 is 21.6 Å². The molecule has 138 valence electrons. The Bertz CT molecular complexity index is 847. The lowest BCUT2D eigenvalue weighted by molar-refractivity contribution is -0.119. The summed E-state index contributed by atoms with van der Waals surface area (Å²) in [4.78, 5) is 12.0. The molecular weight excluding hydrogens is 352 g/mol. The second kappa shape index (κ2) is 7.78. The summed E-state index contributed by atoms with van der Waals surface area (Å²) < 4.78 is 31.0. The zero-order valence-corrected chi connectivity index (χ0v) is 15.4. The zero-order chi connectivity index (χ0) is 18.6. The number of carbonyl (C=O) groups excluding carboxylic acids is 1. The Morgan fingerprint density at radius 2 is 1.77 bits per heavy atom. The number of hydrogen-bond acceptors (Lipinski definition) is 4. The van der Waals surface area contributed by atoms with E-state index < -0.39 is 10.0 Å². The topological polar surface area (TPSA) is 75.7 Å². The first-order chi connectivity index (χ1) is 12.4. The number of ether oxygens (including phenoxy) is 1. The average molecular weight is 374 g/mol. The molecule has 0 saturated heterocycles. The van der Waals surface area contributed by atoms with Gasteiger partial charge in [-0.2, -0.15) is 0 Å². The third-order valence-corrected chi connectivity index (χ3v) is 5.14. The third kappa shape index (κ3) is 5.23. The van der Waals surface area contributed by atoms with Crippen LogP contribution in [-0.2, 0) is 21.4 Å². The highest BCUT2D eigenvalue weighted by molar-refractivity contribution is 7.92. The molecule has 1 amide bonds. The van der Waals surface area contributed by atoms with E-state index in [2.05, 4.69) is 5.32 Å². The number of rotatable bonds is 8. The van der Waals surface area contributed by atoms with Crippen molar-refractivity contribution in [3.8, 4) is 5.75 Å². The molecule has 1 aliphatic rings. The molecule has 1 fully saturated rings. The van der Waals surface area contributed by atoms with Crippen LogP contribution < -0.4 is 14.4 Å². The van der Waals surface area contributed by atoms with E-state index in [-0.39, 0.29) is 18.5 Å². The van der Waals surface area contributed by atoms with Gasteiger partial charge in [0.2, 0.25) is 15.9 Å². The van der Waals surface area contributed by atoms with E-state index in [0.29, 0.717) is 18.0 Å². The summed E-state index contributed by atoms with van der Waals surface area (Å²) in [5.74, 6) is 0.343. The van der Waals surface area contributed by atoms with Crippen LogP contribution in [0.15, 0.2) is 54.6 Å². The molecule has 7 heteroatoms. The van der Waals surface area contributed by atoms with Gasteiger partial charge in [0.05, 0.1) is 11.9 Å². The van der Waals surface area contributed by atoms with Gasteiger partial charge in [-0.05, 0) is 42.7 Å². The first-order valence-corrected chi connectivity index (χ1v) is 10.3. The lowest BCUT2D eigenvalue weighted by Crippen LogP contribution is -2.41. The quantitative estimate of drug-likeness (QED) is 0.769. The fourth-order valence-corrected chi connectivity index (χ4v) is 3.34. The van der Waals surface area contributed by atoms with Crippen LogP contribution in [0.25, 0.3) is 0 Å². The summed E-state index contributed by atoms with van der Waals surface area (Å²) in [6.45, 7) is 0.208. The first kappa shape index (κ1) is 18.3. The van der Waals surface area contributed by atoms with Crippen LogP contribution >= 0.6 is 0 Å². The highest BCUT2D eigenvalue weighted by Gasteiger charge is 2.26. The molecule has 0 spiro atoms. The third-order valence-electron chi connectivity index (χ3n) is 4.00. The van der Waals surface area contributed by atoms with Gasteiger partial charge in [0, 0.05) is 6.04 Å². The fraction of sp³-hybridized carbons (Fsp3) is 0.316. The van der Waals surface area contributed by atoms with Crippen molar-refractivity contribution < 1.29 is 17.9 Å². The van der Waals surface area contributed by atoms with Crippen molar-refractivity contribution in [3.05, 3.63) is 60.2 Å². The summed E-state index contributed by atoms with van der Waals surface area (Å²) in [6, 6.07) is 16.7. The highest BCUT2D eigenvalue weighted by atomic mass is 32.2. The largest absolute Gasteiger partial charge is 0.489 e. The van der Waals surface area contributed by atoms with E-state index in [0.717, 1.165) is 29.0 Å². The molecule has 2 aromatic carbocycles. The molecule has 2 aromatic rings. The summed E-state index contributed by atoms with van der Waals surface area (Å²) in [5, 5.41) is 2.81. The van der Waals surface area contributed by atoms with E-state index >= 15 is 0 Å². The Balaban J connectivity index is 1.66. The van der Waals surface area contributed by atoms with Gasteiger partial charge >= 0.3 is 0 Å². The van der Waals surface area contributed by atoms with Gasteiger partial charge in [0.1, 0.15) is 18.9 Å². The summed E-state index contributed by atoms with van der Waals surface area (Å²) in [7, 11) is -3.56. The number of nitrogens with zero attached hydrogens (tertiary/aromatic N) is 1. The van der Waals surface area contributed by atoms with Gasteiger partial charge < -0.3 is 10.1 Å². The minimum absolute atomic E-state index is 0.192. The second-order valence-corrected chi connectivity index (χ2v) is 8.29. The molecule has 1 aliphatic carbocycles. The molecule has 6 nitrogen and oxygen atoms in total. The predicted molar refractivity (Wildman–Crippen MR) is 101 cm³/mol.